The number of ketones is 1. The standard InChI is InChI=1S/C19H29NO2/c1-14(2)7-5-6-8-18(21)20-13-16-9-11-17(12-10-16)19(22)15(3)4/h9-12,14-15H,5-8,13H2,1-4H3,(H,20,21). The lowest BCUT2D eigenvalue weighted by molar-refractivity contribution is -0.121. The molecule has 1 amide bonds. The van der Waals surface area contributed by atoms with Crippen LogP contribution in [0.2, 0.25) is 0 Å². The van der Waals surface area contributed by atoms with Gasteiger partial charge in [0.2, 0.25) is 5.91 Å². The highest BCUT2D eigenvalue weighted by molar-refractivity contribution is 5.97. The van der Waals surface area contributed by atoms with E-state index in [9.17, 15) is 9.59 Å². The number of hydrogen-bond donors (Lipinski definition) is 1. The van der Waals surface area contributed by atoms with E-state index >= 15 is 0 Å². The second kappa shape index (κ2) is 9.39. The van der Waals surface area contributed by atoms with E-state index in [4.69, 9.17) is 0 Å². The van der Waals surface area contributed by atoms with Crippen molar-refractivity contribution < 1.29 is 9.59 Å². The Balaban J connectivity index is 2.32. The average Bonchev–Trinajstić information content (AvgIpc) is 2.49. The van der Waals surface area contributed by atoms with E-state index in [2.05, 4.69) is 19.2 Å². The molecule has 0 aliphatic rings. The number of rotatable bonds is 9. The minimum absolute atomic E-state index is 0.0105. The molecule has 0 radical (unpaired) electrons. The van der Waals surface area contributed by atoms with E-state index in [0.717, 1.165) is 24.0 Å². The molecule has 0 unspecified atom stereocenters. The van der Waals surface area contributed by atoms with Crippen LogP contribution in [-0.2, 0) is 11.3 Å². The molecule has 22 heavy (non-hydrogen) atoms. The number of hydrogen-bond acceptors (Lipinski definition) is 2. The summed E-state index contributed by atoms with van der Waals surface area (Å²) >= 11 is 0. The zero-order valence-electron chi connectivity index (χ0n) is 14.3. The summed E-state index contributed by atoms with van der Waals surface area (Å²) in [5, 5.41) is 2.93. The summed E-state index contributed by atoms with van der Waals surface area (Å²) < 4.78 is 0. The van der Waals surface area contributed by atoms with Gasteiger partial charge in [0, 0.05) is 24.4 Å². The van der Waals surface area contributed by atoms with E-state index in [-0.39, 0.29) is 17.6 Å². The fraction of sp³-hybridized carbons (Fsp3) is 0.579. The van der Waals surface area contributed by atoms with Crippen molar-refractivity contribution in [2.24, 2.45) is 11.8 Å². The van der Waals surface area contributed by atoms with Gasteiger partial charge in [-0.3, -0.25) is 9.59 Å². The first kappa shape index (κ1) is 18.4. The van der Waals surface area contributed by atoms with E-state index < -0.39 is 0 Å². The highest BCUT2D eigenvalue weighted by atomic mass is 16.1. The Morgan fingerprint density at radius 3 is 2.18 bits per heavy atom. The molecule has 0 aromatic heterocycles. The number of nitrogens with one attached hydrogen (secondary N) is 1. The molecule has 3 heteroatoms. The highest BCUT2D eigenvalue weighted by Crippen LogP contribution is 2.11. The summed E-state index contributed by atoms with van der Waals surface area (Å²) in [6, 6.07) is 7.50. The Morgan fingerprint density at radius 1 is 1.00 bits per heavy atom. The third-order valence-corrected chi connectivity index (χ3v) is 3.69. The molecule has 0 fully saturated rings. The summed E-state index contributed by atoms with van der Waals surface area (Å²) in [5.74, 6) is 0.971. The molecule has 0 heterocycles. The molecule has 0 saturated heterocycles. The van der Waals surface area contributed by atoms with Gasteiger partial charge in [0.1, 0.15) is 0 Å². The molecule has 0 aliphatic heterocycles. The van der Waals surface area contributed by atoms with Crippen LogP contribution in [0.4, 0.5) is 0 Å². The third-order valence-electron chi connectivity index (χ3n) is 3.69. The van der Waals surface area contributed by atoms with E-state index in [1.807, 2.05) is 38.1 Å². The van der Waals surface area contributed by atoms with Crippen molar-refractivity contribution in [1.82, 2.24) is 5.32 Å². The quantitative estimate of drug-likeness (QED) is 0.544. The van der Waals surface area contributed by atoms with Gasteiger partial charge in [0.05, 0.1) is 0 Å². The van der Waals surface area contributed by atoms with Gasteiger partial charge in [-0.1, -0.05) is 64.8 Å². The van der Waals surface area contributed by atoms with Crippen molar-refractivity contribution in [2.75, 3.05) is 0 Å². The minimum Gasteiger partial charge on any atom is -0.352 e. The highest BCUT2D eigenvalue weighted by Gasteiger charge is 2.10. The normalized spacial score (nSPS) is 11.0. The maximum atomic E-state index is 11.8. The SMILES string of the molecule is CC(C)CCCCC(=O)NCc1ccc(C(=O)C(C)C)cc1. The van der Waals surface area contributed by atoms with Crippen molar-refractivity contribution in [1.29, 1.82) is 0 Å². The first-order chi connectivity index (χ1) is 10.4. The molecular weight excluding hydrogens is 274 g/mol. The van der Waals surface area contributed by atoms with Crippen LogP contribution in [0.15, 0.2) is 24.3 Å². The smallest absolute Gasteiger partial charge is 0.220 e. The predicted molar refractivity (Wildman–Crippen MR) is 90.8 cm³/mol. The van der Waals surface area contributed by atoms with Crippen LogP contribution in [0.1, 0.15) is 69.3 Å². The Kier molecular flexibility index (Phi) is 7.86. The van der Waals surface area contributed by atoms with Crippen LogP contribution < -0.4 is 5.32 Å². The third kappa shape index (κ3) is 6.88. The minimum atomic E-state index is 0.0105. The van der Waals surface area contributed by atoms with Crippen LogP contribution in [0.25, 0.3) is 0 Å². The molecule has 0 spiro atoms. The topological polar surface area (TPSA) is 46.2 Å². The Hall–Kier alpha value is -1.64. The van der Waals surface area contributed by atoms with E-state index in [1.165, 1.54) is 6.42 Å². The molecule has 0 atom stereocenters. The zero-order valence-corrected chi connectivity index (χ0v) is 14.3. The first-order valence-electron chi connectivity index (χ1n) is 8.30. The summed E-state index contributed by atoms with van der Waals surface area (Å²) in [6.07, 6.45) is 3.83. The Morgan fingerprint density at radius 2 is 1.64 bits per heavy atom. The lowest BCUT2D eigenvalue weighted by atomic mass is 10.00. The zero-order chi connectivity index (χ0) is 16.5. The largest absolute Gasteiger partial charge is 0.352 e. The number of unbranched alkanes of at least 4 members (excludes halogenated alkanes) is 1. The van der Waals surface area contributed by atoms with E-state index in [1.54, 1.807) is 0 Å². The van der Waals surface area contributed by atoms with Crippen LogP contribution in [0, 0.1) is 11.8 Å². The summed E-state index contributed by atoms with van der Waals surface area (Å²) in [4.78, 5) is 23.6. The van der Waals surface area contributed by atoms with Gasteiger partial charge in [-0.2, -0.15) is 0 Å². The van der Waals surface area contributed by atoms with Crippen LogP contribution in [0.5, 0.6) is 0 Å². The van der Waals surface area contributed by atoms with Gasteiger partial charge >= 0.3 is 0 Å². The fourth-order valence-corrected chi connectivity index (χ4v) is 2.25. The van der Waals surface area contributed by atoms with Crippen molar-refractivity contribution in [2.45, 2.75) is 59.9 Å². The van der Waals surface area contributed by atoms with Crippen molar-refractivity contribution in [3.63, 3.8) is 0 Å². The van der Waals surface area contributed by atoms with Crippen molar-refractivity contribution in [3.05, 3.63) is 35.4 Å². The van der Waals surface area contributed by atoms with Gasteiger partial charge in [0.25, 0.3) is 0 Å². The molecule has 1 N–H and O–H groups in total. The Bertz CT molecular complexity index is 475. The second-order valence-electron chi connectivity index (χ2n) is 6.63. The molecule has 0 bridgehead atoms. The van der Waals surface area contributed by atoms with Gasteiger partial charge in [-0.05, 0) is 17.9 Å². The summed E-state index contributed by atoms with van der Waals surface area (Å²) in [5.41, 5.74) is 1.76. The number of Topliss-reactive ketones (excluding diaryl/α,β-unsaturated/α-hetero) is 1. The molecule has 1 aromatic rings. The van der Waals surface area contributed by atoms with Crippen LogP contribution >= 0.6 is 0 Å². The molecule has 3 nitrogen and oxygen atoms in total. The lowest BCUT2D eigenvalue weighted by Gasteiger charge is -2.08. The number of carbonyl (C=O) groups is 2. The summed E-state index contributed by atoms with van der Waals surface area (Å²) in [7, 11) is 0. The molecular formula is C19H29NO2. The van der Waals surface area contributed by atoms with Gasteiger partial charge in [-0.15, -0.1) is 0 Å². The van der Waals surface area contributed by atoms with Crippen LogP contribution in [-0.4, -0.2) is 11.7 Å². The van der Waals surface area contributed by atoms with Gasteiger partial charge in [-0.25, -0.2) is 0 Å². The lowest BCUT2D eigenvalue weighted by Crippen LogP contribution is -2.22. The second-order valence-corrected chi connectivity index (χ2v) is 6.63. The summed E-state index contributed by atoms with van der Waals surface area (Å²) in [6.45, 7) is 8.73. The number of carbonyl (C=O) groups excluding carboxylic acids is 2. The van der Waals surface area contributed by atoms with Gasteiger partial charge < -0.3 is 5.32 Å². The van der Waals surface area contributed by atoms with E-state index in [0.29, 0.717) is 18.9 Å². The number of benzene rings is 1. The number of amides is 1. The molecule has 0 saturated carbocycles. The van der Waals surface area contributed by atoms with Crippen molar-refractivity contribution in [3.8, 4) is 0 Å². The molecule has 1 rings (SSSR count). The fourth-order valence-electron chi connectivity index (χ4n) is 2.25. The maximum Gasteiger partial charge on any atom is 0.220 e. The molecule has 122 valence electrons. The van der Waals surface area contributed by atoms with Gasteiger partial charge in [0.15, 0.2) is 5.78 Å². The van der Waals surface area contributed by atoms with Crippen molar-refractivity contribution >= 4 is 11.7 Å². The monoisotopic (exact) mass is 303 g/mol. The maximum absolute atomic E-state index is 11.8. The van der Waals surface area contributed by atoms with Crippen LogP contribution in [0.3, 0.4) is 0 Å². The Labute approximate surface area is 134 Å². The average molecular weight is 303 g/mol. The molecule has 1 aromatic carbocycles. The predicted octanol–water partition coefficient (Wildman–Crippen LogP) is 4.36. The molecule has 0 aliphatic carbocycles. The first-order valence-corrected chi connectivity index (χ1v) is 8.30.